The summed E-state index contributed by atoms with van der Waals surface area (Å²) < 4.78 is 0. The Kier molecular flexibility index (Phi) is 6.17. The lowest BCUT2D eigenvalue weighted by Crippen LogP contribution is -2.25. The van der Waals surface area contributed by atoms with Crippen LogP contribution in [0, 0.1) is 0 Å². The van der Waals surface area contributed by atoms with Gasteiger partial charge in [0.25, 0.3) is 5.91 Å². The zero-order valence-corrected chi connectivity index (χ0v) is 12.3. The van der Waals surface area contributed by atoms with Crippen LogP contribution in [0.5, 0.6) is 0 Å². The van der Waals surface area contributed by atoms with E-state index in [-0.39, 0.29) is 12.5 Å². The number of carbonyl (C=O) groups excluding carboxylic acids is 1. The van der Waals surface area contributed by atoms with Crippen LogP contribution in [-0.2, 0) is 0 Å². The van der Waals surface area contributed by atoms with Crippen LogP contribution >= 0.6 is 11.8 Å². The number of aliphatic hydroxyl groups excluding tert-OH is 1. The smallest absolute Gasteiger partial charge is 0.251 e. The molecule has 0 atom stereocenters. The van der Waals surface area contributed by atoms with Crippen molar-refractivity contribution in [1.82, 2.24) is 25.9 Å². The van der Waals surface area contributed by atoms with E-state index in [1.165, 1.54) is 0 Å². The van der Waals surface area contributed by atoms with E-state index in [2.05, 4.69) is 25.9 Å². The number of thioether (sulfide) groups is 1. The number of aromatic nitrogens is 4. The number of hydrogen-bond acceptors (Lipinski definition) is 6. The third-order valence-electron chi connectivity index (χ3n) is 2.71. The first-order chi connectivity index (χ1) is 10.3. The highest BCUT2D eigenvalue weighted by molar-refractivity contribution is 7.99. The van der Waals surface area contributed by atoms with Crippen molar-refractivity contribution in [2.24, 2.45) is 0 Å². The highest BCUT2D eigenvalue weighted by Gasteiger charge is 2.08. The fraction of sp³-hybridized carbons (Fsp3) is 0.385. The number of amides is 1. The summed E-state index contributed by atoms with van der Waals surface area (Å²) in [6, 6.07) is 7.10. The van der Waals surface area contributed by atoms with E-state index in [1.54, 1.807) is 30.0 Å². The Morgan fingerprint density at radius 2 is 2.29 bits per heavy atom. The minimum absolute atomic E-state index is 0.122. The molecular weight excluding hydrogens is 290 g/mol. The van der Waals surface area contributed by atoms with Crippen molar-refractivity contribution in [3.05, 3.63) is 29.8 Å². The van der Waals surface area contributed by atoms with Crippen LogP contribution in [0.1, 0.15) is 16.8 Å². The van der Waals surface area contributed by atoms with Gasteiger partial charge in [-0.05, 0) is 29.5 Å². The van der Waals surface area contributed by atoms with Crippen LogP contribution in [0.2, 0.25) is 0 Å². The third kappa shape index (κ3) is 4.83. The number of rotatable bonds is 8. The Balaban J connectivity index is 1.84. The molecule has 0 aliphatic rings. The molecule has 0 aliphatic carbocycles. The number of aliphatic hydroxyl groups is 1. The molecule has 1 amide bonds. The molecule has 112 valence electrons. The highest BCUT2D eigenvalue weighted by Crippen LogP contribution is 2.14. The summed E-state index contributed by atoms with van der Waals surface area (Å²) >= 11 is 1.71. The predicted molar refractivity (Wildman–Crippen MR) is 81.0 cm³/mol. The molecule has 0 saturated heterocycles. The quantitative estimate of drug-likeness (QED) is 0.621. The molecule has 0 fully saturated rings. The van der Waals surface area contributed by atoms with Crippen LogP contribution in [0.3, 0.4) is 0 Å². The molecule has 2 rings (SSSR count). The molecule has 21 heavy (non-hydrogen) atoms. The number of hydrogen-bond donors (Lipinski definition) is 3. The Morgan fingerprint density at radius 3 is 3.05 bits per heavy atom. The summed E-state index contributed by atoms with van der Waals surface area (Å²) in [6.45, 7) is 0.809. The average molecular weight is 307 g/mol. The van der Waals surface area contributed by atoms with Crippen molar-refractivity contribution in [2.75, 3.05) is 24.7 Å². The van der Waals surface area contributed by atoms with Crippen LogP contribution in [-0.4, -0.2) is 56.3 Å². The lowest BCUT2D eigenvalue weighted by molar-refractivity contribution is 0.0956. The molecule has 7 nitrogen and oxygen atoms in total. The van der Waals surface area contributed by atoms with E-state index in [9.17, 15) is 4.79 Å². The Hall–Kier alpha value is -1.93. The van der Waals surface area contributed by atoms with Crippen molar-refractivity contribution in [3.63, 3.8) is 0 Å². The first-order valence-electron chi connectivity index (χ1n) is 6.62. The summed E-state index contributed by atoms with van der Waals surface area (Å²) in [5, 5.41) is 25.2. The molecule has 1 heterocycles. The number of aromatic amines is 1. The van der Waals surface area contributed by atoms with Crippen molar-refractivity contribution >= 4 is 17.7 Å². The SMILES string of the molecule is O=C(NCCSCCCO)c1cccc(-c2nn[nH]n2)c1. The second-order valence-electron chi connectivity index (χ2n) is 4.26. The molecule has 8 heteroatoms. The molecule has 1 aromatic heterocycles. The summed E-state index contributed by atoms with van der Waals surface area (Å²) in [4.78, 5) is 12.0. The summed E-state index contributed by atoms with van der Waals surface area (Å²) in [7, 11) is 0. The summed E-state index contributed by atoms with van der Waals surface area (Å²) in [5.41, 5.74) is 1.31. The molecule has 0 unspecified atom stereocenters. The third-order valence-corrected chi connectivity index (χ3v) is 3.78. The van der Waals surface area contributed by atoms with E-state index >= 15 is 0 Å². The molecule has 0 radical (unpaired) electrons. The van der Waals surface area contributed by atoms with Gasteiger partial charge in [0, 0.05) is 30.0 Å². The van der Waals surface area contributed by atoms with Crippen molar-refractivity contribution in [1.29, 1.82) is 0 Å². The maximum atomic E-state index is 12.0. The summed E-state index contributed by atoms with van der Waals surface area (Å²) in [5.74, 6) is 2.07. The molecule has 0 bridgehead atoms. The Bertz CT molecular complexity index is 561. The fourth-order valence-electron chi connectivity index (χ4n) is 1.69. The van der Waals surface area contributed by atoms with Crippen molar-refractivity contribution in [2.45, 2.75) is 6.42 Å². The van der Waals surface area contributed by atoms with Gasteiger partial charge < -0.3 is 10.4 Å². The van der Waals surface area contributed by atoms with Crippen LogP contribution in [0.25, 0.3) is 11.4 Å². The standard InChI is InChI=1S/C13H17N5O2S/c19-6-2-7-21-8-5-14-13(20)11-4-1-3-10(9-11)12-15-17-18-16-12/h1,3-4,9,19H,2,5-8H2,(H,14,20)(H,15,16,17,18). The van der Waals surface area contributed by atoms with Gasteiger partial charge in [-0.15, -0.1) is 10.2 Å². The van der Waals surface area contributed by atoms with Gasteiger partial charge in [-0.2, -0.15) is 17.0 Å². The monoisotopic (exact) mass is 307 g/mol. The van der Waals surface area contributed by atoms with Gasteiger partial charge >= 0.3 is 0 Å². The number of tetrazole rings is 1. The van der Waals surface area contributed by atoms with E-state index in [1.807, 2.05) is 6.07 Å². The lowest BCUT2D eigenvalue weighted by Gasteiger charge is -2.06. The number of benzene rings is 1. The molecule has 0 aliphatic heterocycles. The van der Waals surface area contributed by atoms with Crippen LogP contribution < -0.4 is 5.32 Å². The number of H-pyrrole nitrogens is 1. The zero-order valence-electron chi connectivity index (χ0n) is 11.5. The van der Waals surface area contributed by atoms with Crippen LogP contribution in [0.15, 0.2) is 24.3 Å². The number of nitrogens with zero attached hydrogens (tertiary/aromatic N) is 3. The minimum Gasteiger partial charge on any atom is -0.396 e. The second-order valence-corrected chi connectivity index (χ2v) is 5.49. The van der Waals surface area contributed by atoms with E-state index < -0.39 is 0 Å². The van der Waals surface area contributed by atoms with Crippen molar-refractivity contribution < 1.29 is 9.90 Å². The minimum atomic E-state index is -0.122. The maximum Gasteiger partial charge on any atom is 0.251 e. The Morgan fingerprint density at radius 1 is 1.38 bits per heavy atom. The van der Waals surface area contributed by atoms with Gasteiger partial charge in [0.1, 0.15) is 0 Å². The largest absolute Gasteiger partial charge is 0.396 e. The highest BCUT2D eigenvalue weighted by atomic mass is 32.2. The van der Waals surface area contributed by atoms with E-state index in [4.69, 9.17) is 5.11 Å². The topological polar surface area (TPSA) is 104 Å². The second kappa shape index (κ2) is 8.38. The normalized spacial score (nSPS) is 10.5. The van der Waals surface area contributed by atoms with Gasteiger partial charge in [-0.3, -0.25) is 4.79 Å². The van der Waals surface area contributed by atoms with Crippen LogP contribution in [0.4, 0.5) is 0 Å². The van der Waals surface area contributed by atoms with Gasteiger partial charge in [0.15, 0.2) is 0 Å². The van der Waals surface area contributed by atoms with E-state index in [0.29, 0.717) is 17.9 Å². The first kappa shape index (κ1) is 15.5. The predicted octanol–water partition coefficient (Wildman–Crippen LogP) is 0.712. The maximum absolute atomic E-state index is 12.0. The summed E-state index contributed by atoms with van der Waals surface area (Å²) in [6.07, 6.45) is 0.783. The molecule has 2 aromatic rings. The van der Waals surface area contributed by atoms with Gasteiger partial charge in [-0.1, -0.05) is 12.1 Å². The van der Waals surface area contributed by atoms with Gasteiger partial charge in [-0.25, -0.2) is 0 Å². The molecule has 0 saturated carbocycles. The van der Waals surface area contributed by atoms with Gasteiger partial charge in [0.05, 0.1) is 0 Å². The lowest BCUT2D eigenvalue weighted by atomic mass is 10.1. The van der Waals surface area contributed by atoms with Gasteiger partial charge in [0.2, 0.25) is 5.82 Å². The first-order valence-corrected chi connectivity index (χ1v) is 7.77. The fourth-order valence-corrected chi connectivity index (χ4v) is 2.47. The number of carbonyl (C=O) groups is 1. The molecule has 1 aromatic carbocycles. The number of nitrogens with one attached hydrogen (secondary N) is 2. The van der Waals surface area contributed by atoms with E-state index in [0.717, 1.165) is 23.5 Å². The Labute approximate surface area is 126 Å². The molecular formula is C13H17N5O2S. The molecule has 3 N–H and O–H groups in total. The zero-order chi connectivity index (χ0) is 14.9. The van der Waals surface area contributed by atoms with Crippen molar-refractivity contribution in [3.8, 4) is 11.4 Å². The average Bonchev–Trinajstić information content (AvgIpc) is 3.05. The molecule has 0 spiro atoms.